The molecule has 1 aromatic carbocycles. The molecule has 4 heteroatoms. The highest BCUT2D eigenvalue weighted by Gasteiger charge is 2.35. The second kappa shape index (κ2) is 6.46. The van der Waals surface area contributed by atoms with Crippen molar-refractivity contribution in [3.05, 3.63) is 53.4 Å². The van der Waals surface area contributed by atoms with Gasteiger partial charge in [-0.05, 0) is 31.2 Å². The van der Waals surface area contributed by atoms with E-state index >= 15 is 0 Å². The first-order valence-electron chi connectivity index (χ1n) is 8.69. The zero-order valence-corrected chi connectivity index (χ0v) is 13.8. The maximum atomic E-state index is 5.43. The summed E-state index contributed by atoms with van der Waals surface area (Å²) in [7, 11) is 0. The van der Waals surface area contributed by atoms with Crippen LogP contribution in [0.25, 0.3) is 0 Å². The van der Waals surface area contributed by atoms with E-state index in [9.17, 15) is 0 Å². The fourth-order valence-electron chi connectivity index (χ4n) is 4.13. The van der Waals surface area contributed by atoms with Crippen LogP contribution in [-0.2, 0) is 13.1 Å². The molecule has 5 rings (SSSR count). The molecule has 2 atom stereocenters. The molecule has 122 valence electrons. The maximum absolute atomic E-state index is 5.43. The molecule has 2 aromatic rings. The fraction of sp³-hybridized carbons (Fsp3) is 0.526. The van der Waals surface area contributed by atoms with Crippen molar-refractivity contribution in [2.24, 2.45) is 5.92 Å². The summed E-state index contributed by atoms with van der Waals surface area (Å²) in [6, 6.07) is 13.6. The van der Waals surface area contributed by atoms with Crippen molar-refractivity contribution in [2.45, 2.75) is 38.9 Å². The van der Waals surface area contributed by atoms with Crippen LogP contribution in [-0.4, -0.2) is 40.6 Å². The van der Waals surface area contributed by atoms with E-state index in [1.54, 1.807) is 0 Å². The highest BCUT2D eigenvalue weighted by molar-refractivity contribution is 5.14. The molecule has 0 unspecified atom stereocenters. The second-order valence-electron chi connectivity index (χ2n) is 7.14. The molecule has 4 heterocycles. The lowest BCUT2D eigenvalue weighted by Crippen LogP contribution is -2.43. The summed E-state index contributed by atoms with van der Waals surface area (Å²) in [5.41, 5.74) is 2.40. The number of nitrogens with zero attached hydrogens (tertiary/aromatic N) is 3. The monoisotopic (exact) mass is 311 g/mol. The zero-order chi connectivity index (χ0) is 15.6. The maximum Gasteiger partial charge on any atom is 0.150 e. The van der Waals surface area contributed by atoms with Gasteiger partial charge in [0, 0.05) is 38.3 Å². The third kappa shape index (κ3) is 3.48. The second-order valence-corrected chi connectivity index (χ2v) is 7.14. The highest BCUT2D eigenvalue weighted by atomic mass is 16.5. The Kier molecular flexibility index (Phi) is 4.19. The molecule has 0 N–H and O–H groups in total. The molecule has 0 radical (unpaired) electrons. The van der Waals surface area contributed by atoms with Gasteiger partial charge in [0.25, 0.3) is 0 Å². The molecule has 23 heavy (non-hydrogen) atoms. The van der Waals surface area contributed by atoms with Gasteiger partial charge in [-0.1, -0.05) is 35.5 Å². The van der Waals surface area contributed by atoms with Crippen molar-refractivity contribution in [3.8, 4) is 0 Å². The van der Waals surface area contributed by atoms with Crippen LogP contribution in [0.15, 0.2) is 40.9 Å². The van der Waals surface area contributed by atoms with Crippen LogP contribution in [0.5, 0.6) is 0 Å². The van der Waals surface area contributed by atoms with Gasteiger partial charge in [-0.15, -0.1) is 0 Å². The summed E-state index contributed by atoms with van der Waals surface area (Å²) in [4.78, 5) is 5.25. The topological polar surface area (TPSA) is 32.5 Å². The summed E-state index contributed by atoms with van der Waals surface area (Å²) in [6.45, 7) is 7.54. The van der Waals surface area contributed by atoms with Crippen LogP contribution in [0, 0.1) is 12.8 Å². The van der Waals surface area contributed by atoms with Crippen molar-refractivity contribution in [1.29, 1.82) is 0 Å². The van der Waals surface area contributed by atoms with Gasteiger partial charge in [-0.3, -0.25) is 9.80 Å². The van der Waals surface area contributed by atoms with Gasteiger partial charge < -0.3 is 4.52 Å². The molecule has 3 aliphatic rings. The van der Waals surface area contributed by atoms with E-state index in [-0.39, 0.29) is 0 Å². The lowest BCUT2D eigenvalue weighted by molar-refractivity contribution is 0.111. The fourth-order valence-corrected chi connectivity index (χ4v) is 4.13. The van der Waals surface area contributed by atoms with E-state index in [1.807, 2.05) is 6.92 Å². The molecule has 0 spiro atoms. The summed E-state index contributed by atoms with van der Waals surface area (Å²) in [5, 5.41) is 4.03. The summed E-state index contributed by atoms with van der Waals surface area (Å²) < 4.78 is 5.43. The van der Waals surface area contributed by atoms with Crippen molar-refractivity contribution in [2.75, 3.05) is 19.6 Å². The molecule has 3 saturated heterocycles. The molecule has 1 aromatic heterocycles. The molecule has 3 fully saturated rings. The van der Waals surface area contributed by atoms with Gasteiger partial charge in [0.15, 0.2) is 5.76 Å². The van der Waals surface area contributed by atoms with Crippen molar-refractivity contribution >= 4 is 0 Å². The van der Waals surface area contributed by atoms with E-state index < -0.39 is 0 Å². The van der Waals surface area contributed by atoms with Crippen LogP contribution in [0.2, 0.25) is 0 Å². The number of aromatic nitrogens is 1. The Bertz CT molecular complexity index is 639. The van der Waals surface area contributed by atoms with Gasteiger partial charge in [0.1, 0.15) is 0 Å². The molecule has 0 saturated carbocycles. The Morgan fingerprint density at radius 2 is 1.96 bits per heavy atom. The van der Waals surface area contributed by atoms with Crippen LogP contribution in [0.4, 0.5) is 0 Å². The van der Waals surface area contributed by atoms with E-state index in [0.29, 0.717) is 6.04 Å². The van der Waals surface area contributed by atoms with E-state index in [4.69, 9.17) is 4.52 Å². The first-order chi connectivity index (χ1) is 11.3. The Morgan fingerprint density at radius 3 is 2.74 bits per heavy atom. The average Bonchev–Trinajstić information content (AvgIpc) is 2.77. The normalized spacial score (nSPS) is 25.6. The van der Waals surface area contributed by atoms with Gasteiger partial charge >= 0.3 is 0 Å². The summed E-state index contributed by atoms with van der Waals surface area (Å²) in [6.07, 6.45) is 2.67. The van der Waals surface area contributed by atoms with E-state index in [1.165, 1.54) is 38.0 Å². The minimum Gasteiger partial charge on any atom is -0.360 e. The Morgan fingerprint density at radius 1 is 1.09 bits per heavy atom. The molecular formula is C19H25N3O. The largest absolute Gasteiger partial charge is 0.360 e. The van der Waals surface area contributed by atoms with Crippen LogP contribution in [0.3, 0.4) is 0 Å². The predicted octanol–water partition coefficient (Wildman–Crippen LogP) is 3.08. The van der Waals surface area contributed by atoms with Crippen molar-refractivity contribution in [1.82, 2.24) is 15.0 Å². The minimum atomic E-state index is 0.642. The SMILES string of the molecule is Cc1cc(CN2C[C@H]3CC[C@@H]2CN(Cc2ccccc2)C3)on1. The lowest BCUT2D eigenvalue weighted by Gasteiger charge is -2.35. The first-order valence-corrected chi connectivity index (χ1v) is 8.69. The number of hydrogen-bond donors (Lipinski definition) is 0. The molecule has 0 aliphatic carbocycles. The van der Waals surface area contributed by atoms with Crippen LogP contribution >= 0.6 is 0 Å². The number of fused-ring (bicyclic) bond motifs is 4. The lowest BCUT2D eigenvalue weighted by atomic mass is 9.95. The number of aryl methyl sites for hydroxylation is 1. The van der Waals surface area contributed by atoms with Gasteiger partial charge in [0.2, 0.25) is 0 Å². The van der Waals surface area contributed by atoms with Crippen molar-refractivity contribution < 1.29 is 4.52 Å². The Labute approximate surface area is 138 Å². The number of benzene rings is 1. The summed E-state index contributed by atoms with van der Waals surface area (Å²) >= 11 is 0. The Balaban J connectivity index is 1.44. The number of piperidine rings is 1. The van der Waals surface area contributed by atoms with Gasteiger partial charge in [-0.2, -0.15) is 0 Å². The third-order valence-electron chi connectivity index (χ3n) is 5.19. The van der Waals surface area contributed by atoms with Crippen LogP contribution in [0.1, 0.15) is 29.9 Å². The number of hydrogen-bond acceptors (Lipinski definition) is 4. The minimum absolute atomic E-state index is 0.642. The molecule has 4 nitrogen and oxygen atoms in total. The molecule has 3 aliphatic heterocycles. The first kappa shape index (κ1) is 14.9. The van der Waals surface area contributed by atoms with E-state index in [2.05, 4.69) is 51.4 Å². The molecule has 0 amide bonds. The Hall–Kier alpha value is -1.65. The highest BCUT2D eigenvalue weighted by Crippen LogP contribution is 2.30. The average molecular weight is 311 g/mol. The molecule has 2 bridgehead atoms. The smallest absolute Gasteiger partial charge is 0.150 e. The van der Waals surface area contributed by atoms with Gasteiger partial charge in [-0.25, -0.2) is 0 Å². The zero-order valence-electron chi connectivity index (χ0n) is 13.8. The number of rotatable bonds is 4. The summed E-state index contributed by atoms with van der Waals surface area (Å²) in [5.74, 6) is 1.78. The van der Waals surface area contributed by atoms with Crippen LogP contribution < -0.4 is 0 Å². The van der Waals surface area contributed by atoms with E-state index in [0.717, 1.165) is 30.5 Å². The standard InChI is InChI=1S/C19H25N3O/c1-15-9-19(23-20-15)14-22-12-17-7-8-18(22)13-21(11-17)10-16-5-3-2-4-6-16/h2-6,9,17-18H,7-8,10-14H2,1H3/t17-,18+/m0/s1. The predicted molar refractivity (Wildman–Crippen MR) is 89.9 cm³/mol. The quantitative estimate of drug-likeness (QED) is 0.868. The third-order valence-corrected chi connectivity index (χ3v) is 5.19. The van der Waals surface area contributed by atoms with Crippen molar-refractivity contribution in [3.63, 3.8) is 0 Å². The van der Waals surface area contributed by atoms with Gasteiger partial charge in [0.05, 0.1) is 12.2 Å². The molecular weight excluding hydrogens is 286 g/mol.